The molecule has 152 valence electrons. The number of thioether (sulfide) groups is 1. The fourth-order valence-electron chi connectivity index (χ4n) is 2.67. The van der Waals surface area contributed by atoms with Crippen molar-refractivity contribution in [1.29, 1.82) is 0 Å². The monoisotopic (exact) mass is 413 g/mol. The third-order valence-electron chi connectivity index (χ3n) is 4.19. The zero-order chi connectivity index (χ0) is 20.6. The first-order valence-corrected chi connectivity index (χ1v) is 9.95. The summed E-state index contributed by atoms with van der Waals surface area (Å²) in [6, 6.07) is 11.1. The molecule has 2 aromatic heterocycles. The number of pyridine rings is 1. The van der Waals surface area contributed by atoms with Gasteiger partial charge in [-0.15, -0.1) is 10.2 Å². The van der Waals surface area contributed by atoms with Crippen molar-refractivity contribution in [3.05, 3.63) is 48.8 Å². The van der Waals surface area contributed by atoms with Crippen LogP contribution in [0, 0.1) is 0 Å². The highest BCUT2D eigenvalue weighted by Gasteiger charge is 2.21. The predicted molar refractivity (Wildman–Crippen MR) is 112 cm³/mol. The Morgan fingerprint density at radius 3 is 2.66 bits per heavy atom. The van der Waals surface area contributed by atoms with Gasteiger partial charge in [0, 0.05) is 25.1 Å². The van der Waals surface area contributed by atoms with Crippen LogP contribution in [0.5, 0.6) is 5.75 Å². The van der Waals surface area contributed by atoms with E-state index >= 15 is 0 Å². The Balaban J connectivity index is 1.78. The van der Waals surface area contributed by atoms with Gasteiger partial charge >= 0.3 is 0 Å². The Hall–Kier alpha value is -2.91. The lowest BCUT2D eigenvalue weighted by Crippen LogP contribution is -2.23. The third kappa shape index (κ3) is 5.12. The van der Waals surface area contributed by atoms with Gasteiger partial charge in [0.15, 0.2) is 11.0 Å². The summed E-state index contributed by atoms with van der Waals surface area (Å²) in [6.07, 6.45) is 3.42. The molecule has 0 aliphatic carbocycles. The molecule has 29 heavy (non-hydrogen) atoms. The molecule has 0 spiro atoms. The fourth-order valence-corrected chi connectivity index (χ4v) is 3.54. The highest BCUT2D eigenvalue weighted by Crippen LogP contribution is 2.28. The number of anilines is 1. The van der Waals surface area contributed by atoms with Crippen molar-refractivity contribution < 1.29 is 14.3 Å². The van der Waals surface area contributed by atoms with Crippen LogP contribution >= 0.6 is 11.8 Å². The van der Waals surface area contributed by atoms with Crippen LogP contribution in [0.15, 0.2) is 53.9 Å². The second-order valence-corrected chi connectivity index (χ2v) is 7.44. The van der Waals surface area contributed by atoms with Crippen molar-refractivity contribution in [1.82, 2.24) is 19.7 Å². The Morgan fingerprint density at radius 1 is 1.17 bits per heavy atom. The smallest absolute Gasteiger partial charge is 0.237 e. The minimum atomic E-state index is -0.393. The molecule has 2 heterocycles. The van der Waals surface area contributed by atoms with Crippen LogP contribution in [0.2, 0.25) is 0 Å². The van der Waals surface area contributed by atoms with E-state index in [-0.39, 0.29) is 5.91 Å². The zero-order valence-corrected chi connectivity index (χ0v) is 17.3. The quantitative estimate of drug-likeness (QED) is 0.539. The summed E-state index contributed by atoms with van der Waals surface area (Å²) in [5.41, 5.74) is 1.53. The number of carbonyl (C=O) groups is 1. The predicted octanol–water partition coefficient (Wildman–Crippen LogP) is 3.11. The summed E-state index contributed by atoms with van der Waals surface area (Å²) in [4.78, 5) is 16.8. The molecule has 1 aromatic carbocycles. The van der Waals surface area contributed by atoms with Gasteiger partial charge in [-0.2, -0.15) is 0 Å². The lowest BCUT2D eigenvalue weighted by molar-refractivity contribution is -0.115. The molecule has 1 amide bonds. The number of hydrogen-bond acceptors (Lipinski definition) is 7. The van der Waals surface area contributed by atoms with E-state index in [9.17, 15) is 4.79 Å². The molecule has 0 unspecified atom stereocenters. The summed E-state index contributed by atoms with van der Waals surface area (Å²) in [7, 11) is 3.22. The van der Waals surface area contributed by atoms with Gasteiger partial charge < -0.3 is 14.8 Å². The molecule has 3 rings (SSSR count). The van der Waals surface area contributed by atoms with Gasteiger partial charge in [0.05, 0.1) is 31.2 Å². The summed E-state index contributed by atoms with van der Waals surface area (Å²) in [5, 5.41) is 11.8. The zero-order valence-electron chi connectivity index (χ0n) is 16.5. The highest BCUT2D eigenvalue weighted by atomic mass is 32.2. The van der Waals surface area contributed by atoms with Crippen molar-refractivity contribution in [3.8, 4) is 17.1 Å². The Morgan fingerprint density at radius 2 is 1.93 bits per heavy atom. The fraction of sp³-hybridized carbons (Fsp3) is 0.300. The standard InChI is InChI=1S/C20H23N5O3S/c1-14(19(26)22-16-6-4-5-7-17(16)28-3)29-20-24-23-18(25(20)12-13-27-2)15-8-10-21-11-9-15/h4-11,14H,12-13H2,1-3H3,(H,22,26)/t14-/m1/s1. The van der Waals surface area contributed by atoms with E-state index in [1.807, 2.05) is 35.8 Å². The molecule has 8 nitrogen and oxygen atoms in total. The number of para-hydroxylation sites is 2. The maximum atomic E-state index is 12.7. The number of amides is 1. The number of methoxy groups -OCH3 is 2. The molecule has 3 aromatic rings. The van der Waals surface area contributed by atoms with E-state index in [1.54, 1.807) is 38.7 Å². The van der Waals surface area contributed by atoms with Crippen molar-refractivity contribution >= 4 is 23.4 Å². The number of ether oxygens (including phenoxy) is 2. The minimum Gasteiger partial charge on any atom is -0.495 e. The van der Waals surface area contributed by atoms with E-state index in [1.165, 1.54) is 11.8 Å². The van der Waals surface area contributed by atoms with Gasteiger partial charge in [0.25, 0.3) is 0 Å². The first kappa shape index (κ1) is 20.8. The Labute approximate surface area is 173 Å². The van der Waals surface area contributed by atoms with Crippen LogP contribution in [0.4, 0.5) is 5.69 Å². The number of nitrogens with zero attached hydrogens (tertiary/aromatic N) is 4. The topological polar surface area (TPSA) is 91.2 Å². The molecule has 0 saturated carbocycles. The van der Waals surface area contributed by atoms with Crippen molar-refractivity contribution in [2.24, 2.45) is 0 Å². The number of hydrogen-bond donors (Lipinski definition) is 1. The summed E-state index contributed by atoms with van der Waals surface area (Å²) < 4.78 is 12.5. The Kier molecular flexibility index (Phi) is 7.20. The molecule has 0 bridgehead atoms. The van der Waals surface area contributed by atoms with Gasteiger partial charge in [-0.25, -0.2) is 0 Å². The van der Waals surface area contributed by atoms with Crippen LogP contribution in [0.25, 0.3) is 11.4 Å². The van der Waals surface area contributed by atoms with Crippen LogP contribution in [-0.4, -0.2) is 51.7 Å². The average Bonchev–Trinajstić information content (AvgIpc) is 3.15. The van der Waals surface area contributed by atoms with Gasteiger partial charge in [-0.1, -0.05) is 23.9 Å². The molecule has 0 aliphatic rings. The van der Waals surface area contributed by atoms with Gasteiger partial charge in [-0.3, -0.25) is 14.3 Å². The molecular formula is C20H23N5O3S. The Bertz CT molecular complexity index is 948. The van der Waals surface area contributed by atoms with Gasteiger partial charge in [-0.05, 0) is 31.2 Å². The van der Waals surface area contributed by atoms with E-state index < -0.39 is 5.25 Å². The summed E-state index contributed by atoms with van der Waals surface area (Å²) in [6.45, 7) is 2.91. The maximum Gasteiger partial charge on any atom is 0.237 e. The second kappa shape index (κ2) is 10.0. The van der Waals surface area contributed by atoms with E-state index in [2.05, 4.69) is 20.5 Å². The van der Waals surface area contributed by atoms with E-state index in [4.69, 9.17) is 9.47 Å². The van der Waals surface area contributed by atoms with Crippen LogP contribution in [0.3, 0.4) is 0 Å². The molecule has 0 fully saturated rings. The normalized spacial score (nSPS) is 11.8. The van der Waals surface area contributed by atoms with E-state index in [0.717, 1.165) is 5.56 Å². The number of benzene rings is 1. The lowest BCUT2D eigenvalue weighted by atomic mass is 10.2. The molecule has 0 saturated heterocycles. The number of aromatic nitrogens is 4. The molecule has 1 atom stereocenters. The highest BCUT2D eigenvalue weighted by molar-refractivity contribution is 8.00. The largest absolute Gasteiger partial charge is 0.495 e. The van der Waals surface area contributed by atoms with Crippen molar-refractivity contribution in [2.45, 2.75) is 23.9 Å². The van der Waals surface area contributed by atoms with E-state index in [0.29, 0.717) is 35.6 Å². The van der Waals surface area contributed by atoms with Crippen LogP contribution in [0.1, 0.15) is 6.92 Å². The van der Waals surface area contributed by atoms with Crippen LogP contribution in [-0.2, 0) is 16.1 Å². The van der Waals surface area contributed by atoms with Crippen molar-refractivity contribution in [2.75, 3.05) is 26.1 Å². The molecule has 0 aliphatic heterocycles. The van der Waals surface area contributed by atoms with Crippen molar-refractivity contribution in [3.63, 3.8) is 0 Å². The first-order valence-electron chi connectivity index (χ1n) is 9.07. The third-order valence-corrected chi connectivity index (χ3v) is 5.27. The lowest BCUT2D eigenvalue weighted by Gasteiger charge is -2.15. The minimum absolute atomic E-state index is 0.147. The second-order valence-electron chi connectivity index (χ2n) is 6.14. The molecule has 9 heteroatoms. The molecular weight excluding hydrogens is 390 g/mol. The molecule has 0 radical (unpaired) electrons. The average molecular weight is 414 g/mol. The summed E-state index contributed by atoms with van der Waals surface area (Å²) in [5.74, 6) is 1.18. The maximum absolute atomic E-state index is 12.7. The van der Waals surface area contributed by atoms with Gasteiger partial charge in [0.2, 0.25) is 5.91 Å². The number of rotatable bonds is 9. The van der Waals surface area contributed by atoms with Gasteiger partial charge in [0.1, 0.15) is 5.75 Å². The first-order chi connectivity index (χ1) is 14.1. The number of nitrogens with one attached hydrogen (secondary N) is 1. The molecule has 1 N–H and O–H groups in total. The SMILES string of the molecule is COCCn1c(S[C@H](C)C(=O)Nc2ccccc2OC)nnc1-c1ccncc1. The summed E-state index contributed by atoms with van der Waals surface area (Å²) >= 11 is 1.34. The van der Waals surface area contributed by atoms with Crippen LogP contribution < -0.4 is 10.1 Å². The number of carbonyl (C=O) groups excluding carboxylic acids is 1.